The minimum atomic E-state index is -1.94. The van der Waals surface area contributed by atoms with Crippen molar-refractivity contribution in [1.29, 1.82) is 0 Å². The number of likely N-dealkylation sites (N-methyl/N-ethyl adjacent to an activating group) is 1. The van der Waals surface area contributed by atoms with E-state index in [1.165, 1.54) is 45.2 Å². The molecule has 2 aliphatic rings. The topological polar surface area (TPSA) is 345 Å². The highest BCUT2D eigenvalue weighted by molar-refractivity contribution is 5.99. The zero-order chi connectivity index (χ0) is 54.1. The molecule has 0 spiro atoms. The molecule has 0 unspecified atom stereocenters. The first-order chi connectivity index (χ1) is 34.5. The Morgan fingerprint density at radius 2 is 1.45 bits per heavy atom. The Morgan fingerprint density at radius 1 is 0.808 bits per heavy atom. The molecule has 2 heterocycles. The summed E-state index contributed by atoms with van der Waals surface area (Å²) in [5.41, 5.74) is 6.49. The van der Waals surface area contributed by atoms with Gasteiger partial charge in [0.05, 0.1) is 12.6 Å². The number of carbonyl (C=O) groups is 10. The molecule has 4 rings (SSSR count). The van der Waals surface area contributed by atoms with Gasteiger partial charge >= 0.3 is 5.97 Å². The quantitative estimate of drug-likeness (QED) is 0.0612. The Bertz CT molecular complexity index is 2280. The first-order valence-electron chi connectivity index (χ1n) is 24.6. The summed E-state index contributed by atoms with van der Waals surface area (Å²) in [6.07, 6.45) is -4.03. The second-order valence-electron chi connectivity index (χ2n) is 18.9. The molecule has 2 aromatic rings. The number of amides is 9. The van der Waals surface area contributed by atoms with Crippen LogP contribution in [0.2, 0.25) is 0 Å². The summed E-state index contributed by atoms with van der Waals surface area (Å²) in [5.74, 6) is -10.1. The number of primary amides is 1. The van der Waals surface area contributed by atoms with Crippen LogP contribution in [0.3, 0.4) is 0 Å². The molecular weight excluding hydrogens is 951 g/mol. The number of aromatic hydroxyl groups is 1. The molecule has 73 heavy (non-hydrogen) atoms. The van der Waals surface area contributed by atoms with Crippen LogP contribution in [0, 0.1) is 5.92 Å². The van der Waals surface area contributed by atoms with Crippen LogP contribution < -0.4 is 37.6 Å². The molecule has 0 saturated carbocycles. The Morgan fingerprint density at radius 3 is 2.07 bits per heavy atom. The number of hydrogen-bond donors (Lipinski definition) is 10. The number of phenols is 1. The molecule has 23 heteroatoms. The summed E-state index contributed by atoms with van der Waals surface area (Å²) >= 11 is 0. The van der Waals surface area contributed by atoms with Gasteiger partial charge in [0.1, 0.15) is 60.4 Å². The van der Waals surface area contributed by atoms with Gasteiger partial charge in [0.25, 0.3) is 0 Å². The van der Waals surface area contributed by atoms with Crippen LogP contribution in [-0.2, 0) is 65.5 Å². The van der Waals surface area contributed by atoms with Crippen LogP contribution in [-0.4, -0.2) is 159 Å². The smallest absolute Gasteiger partial charge is 0.329 e. The van der Waals surface area contributed by atoms with E-state index in [-0.39, 0.29) is 37.9 Å². The van der Waals surface area contributed by atoms with Gasteiger partial charge < -0.3 is 67.5 Å². The Kier molecular flexibility index (Phi) is 22.1. The van der Waals surface area contributed by atoms with Crippen LogP contribution in [0.25, 0.3) is 0 Å². The maximum Gasteiger partial charge on any atom is 0.329 e. The third-order valence-electron chi connectivity index (χ3n) is 12.7. The predicted molar refractivity (Wildman–Crippen MR) is 262 cm³/mol. The van der Waals surface area contributed by atoms with Crippen molar-refractivity contribution in [2.75, 3.05) is 13.6 Å². The van der Waals surface area contributed by atoms with Crippen molar-refractivity contribution < 1.29 is 68.0 Å². The number of esters is 1. The molecule has 9 amide bonds. The molecule has 10 atom stereocenters. The third-order valence-corrected chi connectivity index (χ3v) is 12.7. The second-order valence-corrected chi connectivity index (χ2v) is 18.9. The van der Waals surface area contributed by atoms with Gasteiger partial charge in [-0.25, -0.2) is 4.79 Å². The monoisotopic (exact) mass is 1020 g/mol. The van der Waals surface area contributed by atoms with E-state index in [1.807, 2.05) is 6.92 Å². The van der Waals surface area contributed by atoms with E-state index in [1.54, 1.807) is 44.2 Å². The number of carbonyl (C=O) groups excluding carboxylic acids is 10. The lowest BCUT2D eigenvalue weighted by Crippen LogP contribution is -2.65. The molecular formula is C50H71N9O14. The van der Waals surface area contributed by atoms with Gasteiger partial charge in [0.2, 0.25) is 53.2 Å². The van der Waals surface area contributed by atoms with Crippen LogP contribution in [0.4, 0.5) is 0 Å². The van der Waals surface area contributed by atoms with Crippen molar-refractivity contribution >= 4 is 59.1 Å². The van der Waals surface area contributed by atoms with E-state index in [0.717, 1.165) is 22.6 Å². The van der Waals surface area contributed by atoms with Gasteiger partial charge in [-0.05, 0) is 68.7 Å². The normalized spacial score (nSPS) is 24.3. The highest BCUT2D eigenvalue weighted by Gasteiger charge is 2.46. The van der Waals surface area contributed by atoms with Crippen molar-refractivity contribution in [3.05, 3.63) is 65.7 Å². The fourth-order valence-electron chi connectivity index (χ4n) is 8.42. The van der Waals surface area contributed by atoms with Crippen LogP contribution in [0.5, 0.6) is 5.75 Å². The number of aliphatic hydroxyl groups excluding tert-OH is 2. The molecule has 2 aromatic carbocycles. The van der Waals surface area contributed by atoms with Gasteiger partial charge in [0, 0.05) is 32.7 Å². The van der Waals surface area contributed by atoms with E-state index in [2.05, 4.69) is 31.9 Å². The van der Waals surface area contributed by atoms with Crippen LogP contribution in [0.15, 0.2) is 54.6 Å². The molecule has 2 aliphatic heterocycles. The van der Waals surface area contributed by atoms with Crippen LogP contribution >= 0.6 is 0 Å². The number of fused-ring (bicyclic) bond motifs is 2. The molecule has 0 radical (unpaired) electrons. The number of ether oxygens (including phenoxy) is 1. The number of nitrogens with zero attached hydrogens (tertiary/aromatic N) is 2. The number of aliphatic hydroxyl groups is 2. The minimum Gasteiger partial charge on any atom is -0.508 e. The highest BCUT2D eigenvalue weighted by Crippen LogP contribution is 2.26. The maximum atomic E-state index is 15.0. The summed E-state index contributed by atoms with van der Waals surface area (Å²) in [6.45, 7) is 6.91. The van der Waals surface area contributed by atoms with Gasteiger partial charge in [0.15, 0.2) is 0 Å². The molecule has 2 saturated heterocycles. The summed E-state index contributed by atoms with van der Waals surface area (Å²) in [7, 11) is 1.32. The van der Waals surface area contributed by atoms with Gasteiger partial charge in [-0.15, -0.1) is 0 Å². The second kappa shape index (κ2) is 27.6. The van der Waals surface area contributed by atoms with Crippen molar-refractivity contribution in [2.45, 2.75) is 160 Å². The number of hydrogen-bond acceptors (Lipinski definition) is 14. The van der Waals surface area contributed by atoms with Crippen LogP contribution in [0.1, 0.15) is 97.1 Å². The van der Waals surface area contributed by atoms with Crippen molar-refractivity contribution in [1.82, 2.24) is 41.7 Å². The average Bonchev–Trinajstić information content (AvgIpc) is 3.34. The number of nitrogens with one attached hydrogen (secondary N) is 6. The fraction of sp³-hybridized carbons (Fsp3) is 0.560. The van der Waals surface area contributed by atoms with Gasteiger partial charge in [-0.2, -0.15) is 0 Å². The van der Waals surface area contributed by atoms with E-state index in [0.29, 0.717) is 17.5 Å². The molecule has 400 valence electrons. The molecule has 11 N–H and O–H groups in total. The predicted octanol–water partition coefficient (Wildman–Crippen LogP) is -1.32. The van der Waals surface area contributed by atoms with E-state index in [9.17, 15) is 58.5 Å². The number of nitrogens with two attached hydrogens (primary N) is 1. The lowest BCUT2D eigenvalue weighted by Gasteiger charge is -2.43. The highest BCUT2D eigenvalue weighted by atomic mass is 16.5. The van der Waals surface area contributed by atoms with Crippen molar-refractivity contribution in [2.24, 2.45) is 11.7 Å². The number of cyclic esters (lactones) is 1. The molecule has 2 fully saturated rings. The Labute approximate surface area is 424 Å². The van der Waals surface area contributed by atoms with Gasteiger partial charge in [-0.3, -0.25) is 43.2 Å². The number of benzene rings is 2. The number of rotatable bonds is 18. The lowest BCUT2D eigenvalue weighted by atomic mass is 9.95. The Hall–Kier alpha value is -7.14. The molecule has 0 aliphatic carbocycles. The van der Waals surface area contributed by atoms with Gasteiger partial charge in [-0.1, -0.05) is 76.1 Å². The summed E-state index contributed by atoms with van der Waals surface area (Å²) in [5, 5.41) is 47.1. The summed E-state index contributed by atoms with van der Waals surface area (Å²) < 4.78 is 5.80. The van der Waals surface area contributed by atoms with Crippen molar-refractivity contribution in [3.63, 3.8) is 0 Å². The molecule has 23 nitrogen and oxygen atoms in total. The van der Waals surface area contributed by atoms with E-state index in [4.69, 9.17) is 10.5 Å². The van der Waals surface area contributed by atoms with E-state index >= 15 is 4.79 Å². The standard InChI is InChI=1S/C50H71N9O14/c1-7-8-10-15-38(63)52-26-39(64)55-42(28(4)60)46(68)57-43-29(5)73-50(72)41(27(2)3)56-45(67)35(24-31-16-18-32(61)19-17-31)58(6)49(71)36(25-30-13-11-9-12-14-30)59-40(65)23-21-34(48(59)70)54-44(66)33(53-47(43)69)20-22-37(51)62/h9,11-14,16-19,27-29,33-36,40-43,60-61,65H,7-8,10,15,20-26H2,1-6H3,(H2,51,62)(H,52,63)(H,53,69)(H,54,66)(H,55,64)(H,56,67)(H,57,68)/t28-,29-,33+,34+,35+,36+,40-,41+,42+,43+/m1/s1. The largest absolute Gasteiger partial charge is 0.508 e. The summed E-state index contributed by atoms with van der Waals surface area (Å²) in [6, 6.07) is 3.14. The SMILES string of the molecule is CCCCCC(=O)NCC(=O)N[C@H](C(=O)N[C@@H]1C(=O)N[C@@H](CCC(N)=O)C(=O)N[C@H]2CC[C@@H](O)N(C2=O)[C@@H](Cc2ccccc2)C(=O)N(C)[C@@H](Cc2ccc(O)cc2)C(=O)N[C@@H](C(C)C)C(=O)O[C@@H]1C)[C@@H](C)O. The fourth-order valence-corrected chi connectivity index (χ4v) is 8.42. The zero-order valence-electron chi connectivity index (χ0n) is 42.1. The molecule has 2 bridgehead atoms. The Balaban J connectivity index is 1.82. The van der Waals surface area contributed by atoms with E-state index < -0.39 is 145 Å². The average molecular weight is 1020 g/mol. The maximum absolute atomic E-state index is 15.0. The van der Waals surface area contributed by atoms with Crippen molar-refractivity contribution in [3.8, 4) is 5.75 Å². The zero-order valence-corrected chi connectivity index (χ0v) is 42.1. The number of unbranched alkanes of at least 4 members (excludes halogenated alkanes) is 2. The summed E-state index contributed by atoms with van der Waals surface area (Å²) in [4.78, 5) is 141. The molecule has 0 aromatic heterocycles. The minimum absolute atomic E-state index is 0.0796. The number of piperidine rings is 1. The third kappa shape index (κ3) is 17.0. The first-order valence-corrected chi connectivity index (χ1v) is 24.6. The number of phenolic OH excluding ortho intramolecular Hbond substituents is 1. The lowest BCUT2D eigenvalue weighted by molar-refractivity contribution is -0.165. The first kappa shape index (κ1) is 58.4.